The summed E-state index contributed by atoms with van der Waals surface area (Å²) in [5.74, 6) is -1.39. The maximum atomic E-state index is 12.1. The van der Waals surface area contributed by atoms with Gasteiger partial charge in [-0.05, 0) is 29.7 Å². The molecule has 0 aromatic carbocycles. The molecule has 1 fully saturated rings. The Morgan fingerprint density at radius 3 is 2.60 bits per heavy atom. The molecule has 2 rings (SSSR count). The van der Waals surface area contributed by atoms with Crippen LogP contribution in [0.1, 0.15) is 28.9 Å². The van der Waals surface area contributed by atoms with E-state index < -0.39 is 27.0 Å². The molecule has 0 spiro atoms. The van der Waals surface area contributed by atoms with E-state index >= 15 is 0 Å². The quantitative estimate of drug-likeness (QED) is 0.565. The molecule has 1 heterocycles. The van der Waals surface area contributed by atoms with Crippen molar-refractivity contribution in [2.75, 3.05) is 18.6 Å². The Labute approximate surface area is 121 Å². The van der Waals surface area contributed by atoms with Gasteiger partial charge in [-0.1, -0.05) is 6.07 Å². The van der Waals surface area contributed by atoms with Gasteiger partial charge in [0.05, 0.1) is 24.2 Å². The van der Waals surface area contributed by atoms with Crippen molar-refractivity contribution in [2.24, 2.45) is 5.41 Å². The van der Waals surface area contributed by atoms with Gasteiger partial charge in [-0.25, -0.2) is 8.42 Å². The highest BCUT2D eigenvalue weighted by Gasteiger charge is 2.48. The molecule has 0 atom stereocenters. The fraction of sp³-hybridized carbons (Fsp3) is 0.538. The number of ether oxygens (including phenoxy) is 1. The van der Waals surface area contributed by atoms with Crippen molar-refractivity contribution in [3.8, 4) is 0 Å². The standard InChI is InChI=1S/C13H16O5S2/c1-18-12(15)7-13(4-5-13)9-20(16,17)8-10(14)11-3-2-6-19-11/h2-3,6H,4-5,7-9H2,1H3. The number of carbonyl (C=O) groups is 2. The number of carbonyl (C=O) groups excluding carboxylic acids is 2. The maximum Gasteiger partial charge on any atom is 0.306 e. The lowest BCUT2D eigenvalue weighted by Crippen LogP contribution is -2.26. The Bertz CT molecular complexity index is 597. The lowest BCUT2D eigenvalue weighted by molar-refractivity contribution is -0.141. The van der Waals surface area contributed by atoms with Gasteiger partial charge < -0.3 is 4.74 Å². The van der Waals surface area contributed by atoms with Crippen LogP contribution in [0.5, 0.6) is 0 Å². The zero-order chi connectivity index (χ0) is 14.8. The van der Waals surface area contributed by atoms with E-state index in [-0.39, 0.29) is 18.0 Å². The van der Waals surface area contributed by atoms with Gasteiger partial charge in [0.25, 0.3) is 0 Å². The molecular formula is C13H16O5S2. The highest BCUT2D eigenvalue weighted by Crippen LogP contribution is 2.50. The highest BCUT2D eigenvalue weighted by molar-refractivity contribution is 7.92. The van der Waals surface area contributed by atoms with Gasteiger partial charge in [-0.2, -0.15) is 0 Å². The molecule has 0 bridgehead atoms. The zero-order valence-corrected chi connectivity index (χ0v) is 12.8. The van der Waals surface area contributed by atoms with Gasteiger partial charge in [0.15, 0.2) is 15.6 Å². The fourth-order valence-electron chi connectivity index (χ4n) is 2.15. The lowest BCUT2D eigenvalue weighted by atomic mass is 10.1. The second-order valence-corrected chi connectivity index (χ2v) is 8.20. The first-order valence-electron chi connectivity index (χ1n) is 6.20. The first-order chi connectivity index (χ1) is 9.36. The molecule has 5 nitrogen and oxygen atoms in total. The molecule has 1 aliphatic carbocycles. The molecule has 0 radical (unpaired) electrons. The Hall–Kier alpha value is -1.21. The monoisotopic (exact) mass is 316 g/mol. The molecule has 0 unspecified atom stereocenters. The van der Waals surface area contributed by atoms with Crippen LogP contribution in [0.3, 0.4) is 0 Å². The molecule has 1 saturated carbocycles. The van der Waals surface area contributed by atoms with Crippen LogP contribution in [0.2, 0.25) is 0 Å². The first kappa shape index (κ1) is 15.2. The topological polar surface area (TPSA) is 77.5 Å². The molecule has 1 aliphatic rings. The number of ketones is 1. The van der Waals surface area contributed by atoms with Crippen LogP contribution in [0.15, 0.2) is 17.5 Å². The summed E-state index contributed by atoms with van der Waals surface area (Å²) >= 11 is 1.23. The summed E-state index contributed by atoms with van der Waals surface area (Å²) in [6.07, 6.45) is 1.49. The fourth-order valence-corrected chi connectivity index (χ4v) is 4.89. The van der Waals surface area contributed by atoms with Crippen LogP contribution < -0.4 is 0 Å². The average molecular weight is 316 g/mol. The largest absolute Gasteiger partial charge is 0.469 e. The molecule has 20 heavy (non-hydrogen) atoms. The average Bonchev–Trinajstić information content (AvgIpc) is 2.91. The SMILES string of the molecule is COC(=O)CC1(CS(=O)(=O)CC(=O)c2cccs2)CC1. The van der Waals surface area contributed by atoms with Crippen molar-refractivity contribution in [1.29, 1.82) is 0 Å². The van der Waals surface area contributed by atoms with Gasteiger partial charge in [-0.3, -0.25) is 9.59 Å². The Balaban J connectivity index is 1.98. The van der Waals surface area contributed by atoms with Crippen LogP contribution in [0, 0.1) is 5.41 Å². The molecule has 0 saturated heterocycles. The minimum atomic E-state index is -3.51. The van der Waals surface area contributed by atoms with E-state index in [0.717, 1.165) is 0 Å². The van der Waals surface area contributed by atoms with Crippen molar-refractivity contribution in [3.63, 3.8) is 0 Å². The third kappa shape index (κ3) is 3.89. The molecule has 1 aromatic rings. The number of Topliss-reactive ketones (excluding diaryl/α,β-unsaturated/α-hetero) is 1. The van der Waals surface area contributed by atoms with Crippen LogP contribution in [0.25, 0.3) is 0 Å². The minimum absolute atomic E-state index is 0.107. The Kier molecular flexibility index (Phi) is 4.29. The van der Waals surface area contributed by atoms with Crippen LogP contribution in [-0.4, -0.2) is 38.8 Å². The molecule has 0 aliphatic heterocycles. The molecule has 0 N–H and O–H groups in total. The number of thiophene rings is 1. The smallest absolute Gasteiger partial charge is 0.306 e. The van der Waals surface area contributed by atoms with Crippen LogP contribution in [-0.2, 0) is 19.4 Å². The predicted molar refractivity (Wildman–Crippen MR) is 75.6 cm³/mol. The summed E-state index contributed by atoms with van der Waals surface area (Å²) in [6.45, 7) is 0. The van der Waals surface area contributed by atoms with Crippen molar-refractivity contribution in [3.05, 3.63) is 22.4 Å². The van der Waals surface area contributed by atoms with E-state index in [1.165, 1.54) is 18.4 Å². The Morgan fingerprint density at radius 1 is 1.40 bits per heavy atom. The number of rotatable bonds is 7. The second kappa shape index (κ2) is 5.65. The van der Waals surface area contributed by atoms with Crippen molar-refractivity contribution >= 4 is 32.9 Å². The van der Waals surface area contributed by atoms with Crippen LogP contribution in [0.4, 0.5) is 0 Å². The van der Waals surface area contributed by atoms with E-state index in [1.54, 1.807) is 17.5 Å². The summed E-state index contributed by atoms with van der Waals surface area (Å²) in [5.41, 5.74) is -0.512. The van der Waals surface area contributed by atoms with E-state index in [4.69, 9.17) is 0 Å². The number of hydrogen-bond acceptors (Lipinski definition) is 6. The maximum absolute atomic E-state index is 12.1. The molecule has 0 amide bonds. The first-order valence-corrected chi connectivity index (χ1v) is 8.90. The lowest BCUT2D eigenvalue weighted by Gasteiger charge is -2.13. The molecule has 7 heteroatoms. The van der Waals surface area contributed by atoms with E-state index in [2.05, 4.69) is 4.74 Å². The summed E-state index contributed by atoms with van der Waals surface area (Å²) in [4.78, 5) is 23.6. The third-order valence-electron chi connectivity index (χ3n) is 3.38. The summed E-state index contributed by atoms with van der Waals surface area (Å²) in [7, 11) is -2.22. The van der Waals surface area contributed by atoms with Crippen molar-refractivity contribution < 1.29 is 22.7 Å². The molecule has 110 valence electrons. The predicted octanol–water partition coefficient (Wildman–Crippen LogP) is 1.69. The Morgan fingerprint density at radius 2 is 2.10 bits per heavy atom. The number of hydrogen-bond donors (Lipinski definition) is 0. The van der Waals surface area contributed by atoms with Gasteiger partial charge in [0, 0.05) is 0 Å². The summed E-state index contributed by atoms with van der Waals surface area (Å²) in [5, 5.41) is 1.74. The number of sulfone groups is 1. The normalized spacial score (nSPS) is 16.6. The molecular weight excluding hydrogens is 300 g/mol. The van der Waals surface area contributed by atoms with E-state index in [9.17, 15) is 18.0 Å². The van der Waals surface area contributed by atoms with Gasteiger partial charge in [-0.15, -0.1) is 11.3 Å². The van der Waals surface area contributed by atoms with E-state index in [1.807, 2.05) is 0 Å². The van der Waals surface area contributed by atoms with Crippen molar-refractivity contribution in [1.82, 2.24) is 0 Å². The number of esters is 1. The van der Waals surface area contributed by atoms with Gasteiger partial charge in [0.1, 0.15) is 5.75 Å². The third-order valence-corrected chi connectivity index (χ3v) is 6.04. The van der Waals surface area contributed by atoms with Crippen molar-refractivity contribution in [2.45, 2.75) is 19.3 Å². The summed E-state index contributed by atoms with van der Waals surface area (Å²) < 4.78 is 28.8. The summed E-state index contributed by atoms with van der Waals surface area (Å²) in [6, 6.07) is 3.33. The second-order valence-electron chi connectivity index (χ2n) is 5.19. The van der Waals surface area contributed by atoms with E-state index in [0.29, 0.717) is 17.7 Å². The minimum Gasteiger partial charge on any atom is -0.469 e. The zero-order valence-electron chi connectivity index (χ0n) is 11.1. The number of methoxy groups -OCH3 is 1. The van der Waals surface area contributed by atoms with Gasteiger partial charge >= 0.3 is 5.97 Å². The molecule has 1 aromatic heterocycles. The van der Waals surface area contributed by atoms with Gasteiger partial charge in [0.2, 0.25) is 0 Å². The highest BCUT2D eigenvalue weighted by atomic mass is 32.2. The van der Waals surface area contributed by atoms with Crippen LogP contribution >= 0.6 is 11.3 Å².